The molecule has 0 fully saturated rings. The summed E-state index contributed by atoms with van der Waals surface area (Å²) in [5.74, 6) is -0.349. The summed E-state index contributed by atoms with van der Waals surface area (Å²) < 4.78 is 5.68. The van der Waals surface area contributed by atoms with E-state index in [1.54, 1.807) is 13.0 Å². The minimum absolute atomic E-state index is 0.123. The number of rotatable bonds is 6. The average Bonchev–Trinajstić information content (AvgIpc) is 2.37. The van der Waals surface area contributed by atoms with Crippen molar-refractivity contribution >= 4 is 27.8 Å². The lowest BCUT2D eigenvalue weighted by Crippen LogP contribution is -2.25. The Hall–Kier alpha value is -1.36. The minimum Gasteiger partial charge on any atom is -0.466 e. The van der Waals surface area contributed by atoms with Gasteiger partial charge >= 0.3 is 5.97 Å². The zero-order valence-electron chi connectivity index (χ0n) is 11.2. The number of nitrogens with one attached hydrogen (secondary N) is 1. The van der Waals surface area contributed by atoms with Crippen LogP contribution in [0.1, 0.15) is 35.7 Å². The van der Waals surface area contributed by atoms with Crippen LogP contribution < -0.4 is 5.32 Å². The van der Waals surface area contributed by atoms with Crippen LogP contribution in [0.15, 0.2) is 22.7 Å². The van der Waals surface area contributed by atoms with Crippen molar-refractivity contribution in [3.05, 3.63) is 33.8 Å². The maximum Gasteiger partial charge on any atom is 0.305 e. The molecule has 0 aliphatic rings. The van der Waals surface area contributed by atoms with Crippen molar-refractivity contribution in [1.29, 1.82) is 0 Å². The molecular formula is C14H18BrNO3. The van der Waals surface area contributed by atoms with Gasteiger partial charge in [0.05, 0.1) is 6.61 Å². The van der Waals surface area contributed by atoms with Crippen LogP contribution in [-0.2, 0) is 9.53 Å². The summed E-state index contributed by atoms with van der Waals surface area (Å²) in [5.41, 5.74) is 1.57. The van der Waals surface area contributed by atoms with Crippen molar-refractivity contribution < 1.29 is 14.3 Å². The molecule has 1 aromatic carbocycles. The molecule has 1 aromatic rings. The predicted octanol–water partition coefficient (Wildman–Crippen LogP) is 2.83. The molecule has 5 heteroatoms. The van der Waals surface area contributed by atoms with Gasteiger partial charge < -0.3 is 10.1 Å². The van der Waals surface area contributed by atoms with E-state index in [4.69, 9.17) is 4.74 Å². The van der Waals surface area contributed by atoms with Gasteiger partial charge in [-0.05, 0) is 38.0 Å². The smallest absolute Gasteiger partial charge is 0.305 e. The number of esters is 1. The highest BCUT2D eigenvalue weighted by Crippen LogP contribution is 2.15. The Bertz CT molecular complexity index is 460. The summed E-state index contributed by atoms with van der Waals surface area (Å²) in [6, 6.07) is 5.57. The number of hydrogen-bond acceptors (Lipinski definition) is 3. The van der Waals surface area contributed by atoms with Gasteiger partial charge in [-0.25, -0.2) is 0 Å². The summed E-state index contributed by atoms with van der Waals surface area (Å²) in [7, 11) is 0. The molecule has 0 aliphatic heterocycles. The summed E-state index contributed by atoms with van der Waals surface area (Å²) in [5, 5.41) is 2.80. The van der Waals surface area contributed by atoms with E-state index in [1.165, 1.54) is 0 Å². The number of carbonyl (C=O) groups is 2. The van der Waals surface area contributed by atoms with Crippen LogP contribution in [0.2, 0.25) is 0 Å². The Kier molecular flexibility index (Phi) is 6.56. The predicted molar refractivity (Wildman–Crippen MR) is 77.1 cm³/mol. The number of amides is 1. The zero-order valence-corrected chi connectivity index (χ0v) is 12.7. The average molecular weight is 328 g/mol. The number of ether oxygens (including phenoxy) is 1. The number of carbonyl (C=O) groups excluding carboxylic acids is 2. The van der Waals surface area contributed by atoms with Gasteiger partial charge in [0.1, 0.15) is 0 Å². The Morgan fingerprint density at radius 3 is 2.79 bits per heavy atom. The molecule has 4 nitrogen and oxygen atoms in total. The molecule has 0 aliphatic carbocycles. The van der Waals surface area contributed by atoms with Gasteiger partial charge in [0.15, 0.2) is 0 Å². The highest BCUT2D eigenvalue weighted by atomic mass is 79.9. The molecule has 0 saturated carbocycles. The first-order valence-corrected chi connectivity index (χ1v) is 7.04. The first-order valence-electron chi connectivity index (χ1n) is 6.24. The van der Waals surface area contributed by atoms with Crippen LogP contribution in [0.5, 0.6) is 0 Å². The molecule has 0 aromatic heterocycles. The zero-order chi connectivity index (χ0) is 14.3. The first kappa shape index (κ1) is 15.7. The molecule has 0 heterocycles. The summed E-state index contributed by atoms with van der Waals surface area (Å²) in [4.78, 5) is 23.1. The monoisotopic (exact) mass is 327 g/mol. The molecule has 1 rings (SSSR count). The molecule has 0 radical (unpaired) electrons. The summed E-state index contributed by atoms with van der Waals surface area (Å²) in [6.07, 6.45) is 0.906. The van der Waals surface area contributed by atoms with Gasteiger partial charge in [-0.3, -0.25) is 9.59 Å². The van der Waals surface area contributed by atoms with Crippen LogP contribution in [0.3, 0.4) is 0 Å². The lowest BCUT2D eigenvalue weighted by atomic mass is 10.1. The van der Waals surface area contributed by atoms with E-state index in [0.29, 0.717) is 31.6 Å². The summed E-state index contributed by atoms with van der Waals surface area (Å²) in [6.45, 7) is 4.52. The molecular weight excluding hydrogens is 310 g/mol. The van der Waals surface area contributed by atoms with E-state index in [9.17, 15) is 9.59 Å². The largest absolute Gasteiger partial charge is 0.466 e. The quantitative estimate of drug-likeness (QED) is 0.645. The Labute approximate surface area is 121 Å². The van der Waals surface area contributed by atoms with Crippen molar-refractivity contribution in [3.63, 3.8) is 0 Å². The maximum atomic E-state index is 11.9. The van der Waals surface area contributed by atoms with Gasteiger partial charge in [-0.15, -0.1) is 0 Å². The Balaban J connectivity index is 2.39. The van der Waals surface area contributed by atoms with Crippen LogP contribution in [-0.4, -0.2) is 25.0 Å². The lowest BCUT2D eigenvalue weighted by Gasteiger charge is -2.08. The van der Waals surface area contributed by atoms with Crippen molar-refractivity contribution in [1.82, 2.24) is 5.32 Å². The number of hydrogen-bond donors (Lipinski definition) is 1. The van der Waals surface area contributed by atoms with Crippen LogP contribution in [0, 0.1) is 6.92 Å². The molecule has 104 valence electrons. The molecule has 0 atom stereocenters. The molecule has 0 bridgehead atoms. The van der Waals surface area contributed by atoms with E-state index in [-0.39, 0.29) is 11.9 Å². The third-order valence-electron chi connectivity index (χ3n) is 2.59. The SMILES string of the molecule is CCOC(=O)CCCNC(=O)c1cc(Br)ccc1C. The van der Waals surface area contributed by atoms with Crippen molar-refractivity contribution in [2.45, 2.75) is 26.7 Å². The number of halogens is 1. The molecule has 0 unspecified atom stereocenters. The number of benzene rings is 1. The standard InChI is InChI=1S/C14H18BrNO3/c1-3-19-13(17)5-4-8-16-14(18)12-9-11(15)7-6-10(12)2/h6-7,9H,3-5,8H2,1-2H3,(H,16,18). The highest BCUT2D eigenvalue weighted by Gasteiger charge is 2.09. The molecule has 19 heavy (non-hydrogen) atoms. The second-order valence-corrected chi connectivity index (χ2v) is 5.04. The molecule has 1 amide bonds. The number of aryl methyl sites for hydroxylation is 1. The van der Waals surface area contributed by atoms with E-state index >= 15 is 0 Å². The fourth-order valence-electron chi connectivity index (χ4n) is 1.60. The molecule has 0 spiro atoms. The van der Waals surface area contributed by atoms with Gasteiger partial charge in [0.2, 0.25) is 0 Å². The Morgan fingerprint density at radius 2 is 2.11 bits per heavy atom. The van der Waals surface area contributed by atoms with Gasteiger partial charge in [0.25, 0.3) is 5.91 Å². The highest BCUT2D eigenvalue weighted by molar-refractivity contribution is 9.10. The second-order valence-electron chi connectivity index (χ2n) is 4.12. The van der Waals surface area contributed by atoms with E-state index in [2.05, 4.69) is 21.2 Å². The van der Waals surface area contributed by atoms with Crippen molar-refractivity contribution in [2.24, 2.45) is 0 Å². The van der Waals surface area contributed by atoms with E-state index < -0.39 is 0 Å². The molecule has 1 N–H and O–H groups in total. The third-order valence-corrected chi connectivity index (χ3v) is 3.09. The fraction of sp³-hybridized carbons (Fsp3) is 0.429. The van der Waals surface area contributed by atoms with Crippen molar-refractivity contribution in [3.8, 4) is 0 Å². The van der Waals surface area contributed by atoms with Crippen molar-refractivity contribution in [2.75, 3.05) is 13.2 Å². The van der Waals surface area contributed by atoms with Gasteiger partial charge in [-0.2, -0.15) is 0 Å². The van der Waals surface area contributed by atoms with Crippen LogP contribution in [0.4, 0.5) is 0 Å². The normalized spacial score (nSPS) is 10.1. The minimum atomic E-state index is -0.226. The van der Waals surface area contributed by atoms with E-state index in [1.807, 2.05) is 19.1 Å². The lowest BCUT2D eigenvalue weighted by molar-refractivity contribution is -0.143. The van der Waals surface area contributed by atoms with Gasteiger partial charge in [0, 0.05) is 23.0 Å². The maximum absolute atomic E-state index is 11.9. The van der Waals surface area contributed by atoms with Gasteiger partial charge in [-0.1, -0.05) is 22.0 Å². The summed E-state index contributed by atoms with van der Waals surface area (Å²) >= 11 is 3.34. The third kappa shape index (κ3) is 5.42. The second kappa shape index (κ2) is 7.94. The molecule has 0 saturated heterocycles. The topological polar surface area (TPSA) is 55.4 Å². The first-order chi connectivity index (χ1) is 9.04. The Morgan fingerprint density at radius 1 is 1.37 bits per heavy atom. The van der Waals surface area contributed by atoms with Crippen LogP contribution in [0.25, 0.3) is 0 Å². The fourth-order valence-corrected chi connectivity index (χ4v) is 1.96. The van der Waals surface area contributed by atoms with Crippen LogP contribution >= 0.6 is 15.9 Å². The van der Waals surface area contributed by atoms with E-state index in [0.717, 1.165) is 10.0 Å².